The Kier molecular flexibility index (Phi) is 5.73. The molecule has 1 aromatic heterocycles. The molecule has 0 bridgehead atoms. The summed E-state index contributed by atoms with van der Waals surface area (Å²) in [5.74, 6) is 0.134. The van der Waals surface area contributed by atoms with Gasteiger partial charge in [0.1, 0.15) is 11.6 Å². The molecule has 0 spiro atoms. The Labute approximate surface area is 150 Å². The van der Waals surface area contributed by atoms with Crippen molar-refractivity contribution in [3.05, 3.63) is 63.5 Å². The van der Waals surface area contributed by atoms with Crippen molar-refractivity contribution >= 4 is 11.6 Å². The molecule has 1 fully saturated rings. The number of benzene rings is 1. The van der Waals surface area contributed by atoms with Crippen LogP contribution in [-0.4, -0.2) is 41.1 Å². The Hall–Kier alpha value is -1.89. The average molecular weight is 367 g/mol. The van der Waals surface area contributed by atoms with Crippen LogP contribution in [0.25, 0.3) is 0 Å². The summed E-state index contributed by atoms with van der Waals surface area (Å²) in [6, 6.07) is 7.76. The molecule has 1 aliphatic heterocycles. The number of hydrogen-bond donors (Lipinski definition) is 1. The van der Waals surface area contributed by atoms with Gasteiger partial charge in [0.15, 0.2) is 5.76 Å². The lowest BCUT2D eigenvalue weighted by molar-refractivity contribution is 0.113. The SMILES string of the molecule is O=c1cc(CCl)oc(CN2CCN(Cc3ccc(F)cc3)CC2)c1O. The van der Waals surface area contributed by atoms with Gasteiger partial charge in [0.25, 0.3) is 0 Å². The van der Waals surface area contributed by atoms with Crippen molar-refractivity contribution in [3.8, 4) is 5.75 Å². The summed E-state index contributed by atoms with van der Waals surface area (Å²) in [6.45, 7) is 4.41. The fraction of sp³-hybridized carbons (Fsp3) is 0.389. The number of alkyl halides is 1. The normalized spacial score (nSPS) is 16.2. The molecular formula is C18H20ClFN2O3. The molecule has 1 N–H and O–H groups in total. The molecule has 7 heteroatoms. The van der Waals surface area contributed by atoms with E-state index in [1.165, 1.54) is 18.2 Å². The summed E-state index contributed by atoms with van der Waals surface area (Å²) in [5, 5.41) is 9.90. The molecule has 3 rings (SSSR count). The van der Waals surface area contributed by atoms with E-state index in [0.29, 0.717) is 12.3 Å². The van der Waals surface area contributed by atoms with E-state index in [9.17, 15) is 14.3 Å². The molecule has 5 nitrogen and oxygen atoms in total. The van der Waals surface area contributed by atoms with Crippen LogP contribution >= 0.6 is 11.6 Å². The van der Waals surface area contributed by atoms with Crippen LogP contribution in [0.15, 0.2) is 39.5 Å². The van der Waals surface area contributed by atoms with Gasteiger partial charge in [0, 0.05) is 38.8 Å². The maximum absolute atomic E-state index is 13.0. The largest absolute Gasteiger partial charge is 0.502 e. The lowest BCUT2D eigenvalue weighted by atomic mass is 10.2. The van der Waals surface area contributed by atoms with Crippen molar-refractivity contribution in [2.75, 3.05) is 26.2 Å². The van der Waals surface area contributed by atoms with E-state index in [4.69, 9.17) is 16.0 Å². The Morgan fingerprint density at radius 2 is 1.68 bits per heavy atom. The molecule has 0 unspecified atom stereocenters. The van der Waals surface area contributed by atoms with Crippen molar-refractivity contribution < 1.29 is 13.9 Å². The van der Waals surface area contributed by atoms with E-state index >= 15 is 0 Å². The predicted octanol–water partition coefficient (Wildman–Crippen LogP) is 2.54. The molecule has 25 heavy (non-hydrogen) atoms. The van der Waals surface area contributed by atoms with E-state index in [1.807, 2.05) is 0 Å². The Bertz CT molecular complexity index is 771. The molecule has 0 radical (unpaired) electrons. The average Bonchev–Trinajstić information content (AvgIpc) is 2.62. The number of hydrogen-bond acceptors (Lipinski definition) is 5. The quantitative estimate of drug-likeness (QED) is 0.824. The number of rotatable bonds is 5. The highest BCUT2D eigenvalue weighted by Crippen LogP contribution is 2.18. The second-order valence-corrected chi connectivity index (χ2v) is 6.43. The fourth-order valence-corrected chi connectivity index (χ4v) is 3.05. The highest BCUT2D eigenvalue weighted by atomic mass is 35.5. The van der Waals surface area contributed by atoms with Crippen molar-refractivity contribution in [1.29, 1.82) is 0 Å². The van der Waals surface area contributed by atoms with Gasteiger partial charge < -0.3 is 9.52 Å². The first-order chi connectivity index (χ1) is 12.0. The standard InChI is InChI=1S/C18H20ClFN2O3/c19-10-15-9-16(23)18(24)17(25-15)12-22-7-5-21(6-8-22)11-13-1-3-14(20)4-2-13/h1-4,9,24H,5-8,10-12H2. The van der Waals surface area contributed by atoms with E-state index in [-0.39, 0.29) is 23.2 Å². The summed E-state index contributed by atoms with van der Waals surface area (Å²) in [4.78, 5) is 16.1. The van der Waals surface area contributed by atoms with Gasteiger partial charge in [-0.25, -0.2) is 4.39 Å². The summed E-state index contributed by atoms with van der Waals surface area (Å²) in [7, 11) is 0. The van der Waals surface area contributed by atoms with Crippen LogP contribution in [0.5, 0.6) is 5.75 Å². The molecule has 2 aromatic rings. The Balaban J connectivity index is 1.57. The maximum atomic E-state index is 13.0. The van der Waals surface area contributed by atoms with Gasteiger partial charge in [0.05, 0.1) is 12.4 Å². The van der Waals surface area contributed by atoms with Gasteiger partial charge in [-0.1, -0.05) is 12.1 Å². The van der Waals surface area contributed by atoms with Crippen molar-refractivity contribution in [1.82, 2.24) is 9.80 Å². The smallest absolute Gasteiger partial charge is 0.227 e. The van der Waals surface area contributed by atoms with E-state index in [2.05, 4.69) is 9.80 Å². The molecule has 0 amide bonds. The Morgan fingerprint density at radius 3 is 2.28 bits per heavy atom. The number of piperazine rings is 1. The molecule has 0 saturated carbocycles. The van der Waals surface area contributed by atoms with E-state index < -0.39 is 5.43 Å². The van der Waals surface area contributed by atoms with Gasteiger partial charge in [-0.2, -0.15) is 0 Å². The minimum absolute atomic E-state index is 0.0912. The number of aromatic hydroxyl groups is 1. The number of halogens is 2. The first kappa shape index (κ1) is 17.9. The highest BCUT2D eigenvalue weighted by molar-refractivity contribution is 6.16. The van der Waals surface area contributed by atoms with Crippen LogP contribution in [0.2, 0.25) is 0 Å². The number of nitrogens with zero attached hydrogens (tertiary/aromatic N) is 2. The zero-order valence-corrected chi connectivity index (χ0v) is 14.5. The van der Waals surface area contributed by atoms with Gasteiger partial charge in [-0.15, -0.1) is 11.6 Å². The maximum Gasteiger partial charge on any atom is 0.227 e. The van der Waals surface area contributed by atoms with Crippen LogP contribution < -0.4 is 5.43 Å². The lowest BCUT2D eigenvalue weighted by Crippen LogP contribution is -2.45. The molecular weight excluding hydrogens is 347 g/mol. The zero-order valence-electron chi connectivity index (χ0n) is 13.8. The van der Waals surface area contributed by atoms with E-state index in [0.717, 1.165) is 38.3 Å². The molecule has 1 saturated heterocycles. The van der Waals surface area contributed by atoms with Crippen LogP contribution in [0, 0.1) is 5.82 Å². The minimum atomic E-state index is -0.466. The zero-order chi connectivity index (χ0) is 17.8. The monoisotopic (exact) mass is 366 g/mol. The highest BCUT2D eigenvalue weighted by Gasteiger charge is 2.20. The Morgan fingerprint density at radius 1 is 1.08 bits per heavy atom. The third kappa shape index (κ3) is 4.60. The van der Waals surface area contributed by atoms with Crippen LogP contribution in [0.3, 0.4) is 0 Å². The van der Waals surface area contributed by atoms with Crippen molar-refractivity contribution in [2.45, 2.75) is 19.0 Å². The second kappa shape index (κ2) is 7.99. The first-order valence-corrected chi connectivity index (χ1v) is 8.68. The van der Waals surface area contributed by atoms with Crippen LogP contribution in [0.1, 0.15) is 17.1 Å². The fourth-order valence-electron chi connectivity index (χ4n) is 2.92. The molecule has 2 heterocycles. The topological polar surface area (TPSA) is 56.9 Å². The van der Waals surface area contributed by atoms with Gasteiger partial charge in [0.2, 0.25) is 11.2 Å². The molecule has 1 aliphatic rings. The summed E-state index contributed by atoms with van der Waals surface area (Å²) in [6.07, 6.45) is 0. The molecule has 0 aliphatic carbocycles. The molecule has 1 aromatic carbocycles. The third-order valence-electron chi connectivity index (χ3n) is 4.33. The lowest BCUT2D eigenvalue weighted by Gasteiger charge is -2.34. The van der Waals surface area contributed by atoms with Crippen molar-refractivity contribution in [2.24, 2.45) is 0 Å². The minimum Gasteiger partial charge on any atom is -0.502 e. The summed E-state index contributed by atoms with van der Waals surface area (Å²) >= 11 is 5.71. The predicted molar refractivity (Wildman–Crippen MR) is 93.2 cm³/mol. The van der Waals surface area contributed by atoms with Crippen molar-refractivity contribution in [3.63, 3.8) is 0 Å². The summed E-state index contributed by atoms with van der Waals surface area (Å²) < 4.78 is 18.5. The summed E-state index contributed by atoms with van der Waals surface area (Å²) in [5.41, 5.74) is 0.611. The second-order valence-electron chi connectivity index (χ2n) is 6.16. The van der Waals surface area contributed by atoms with Gasteiger partial charge >= 0.3 is 0 Å². The molecule has 134 valence electrons. The molecule has 0 atom stereocenters. The van der Waals surface area contributed by atoms with E-state index in [1.54, 1.807) is 12.1 Å². The third-order valence-corrected chi connectivity index (χ3v) is 4.59. The van der Waals surface area contributed by atoms with Crippen LogP contribution in [0.4, 0.5) is 4.39 Å². The van der Waals surface area contributed by atoms with Gasteiger partial charge in [-0.05, 0) is 17.7 Å². The van der Waals surface area contributed by atoms with Gasteiger partial charge in [-0.3, -0.25) is 14.6 Å². The first-order valence-electron chi connectivity index (χ1n) is 8.15. The van der Waals surface area contributed by atoms with Crippen LogP contribution in [-0.2, 0) is 19.0 Å².